The molecule has 0 radical (unpaired) electrons. The van der Waals surface area contributed by atoms with Gasteiger partial charge in [0.1, 0.15) is 0 Å². The van der Waals surface area contributed by atoms with Gasteiger partial charge < -0.3 is 10.6 Å². The zero-order chi connectivity index (χ0) is 14.8. The number of hydrogen-bond acceptors (Lipinski definition) is 3. The van der Waals surface area contributed by atoms with Crippen molar-refractivity contribution in [2.75, 3.05) is 39.3 Å². The monoisotopic (exact) mass is 281 g/mol. The second kappa shape index (κ2) is 6.76. The maximum atomic E-state index is 6.25. The fourth-order valence-electron chi connectivity index (χ4n) is 4.37. The largest absolute Gasteiger partial charge is 0.329 e. The van der Waals surface area contributed by atoms with Gasteiger partial charge in [0.2, 0.25) is 0 Å². The highest BCUT2D eigenvalue weighted by molar-refractivity contribution is 4.98. The second-order valence-electron chi connectivity index (χ2n) is 7.97. The van der Waals surface area contributed by atoms with Crippen LogP contribution in [-0.2, 0) is 0 Å². The summed E-state index contributed by atoms with van der Waals surface area (Å²) in [4.78, 5) is 5.38. The first kappa shape index (κ1) is 16.3. The van der Waals surface area contributed by atoms with Crippen LogP contribution in [0.3, 0.4) is 0 Å². The van der Waals surface area contributed by atoms with Crippen molar-refractivity contribution in [2.45, 2.75) is 52.5 Å². The first-order chi connectivity index (χ1) is 9.45. The fraction of sp³-hybridized carbons (Fsp3) is 1.00. The highest BCUT2D eigenvalue weighted by atomic mass is 15.3. The summed E-state index contributed by atoms with van der Waals surface area (Å²) in [5, 5.41) is 0. The van der Waals surface area contributed by atoms with Gasteiger partial charge in [-0.15, -0.1) is 0 Å². The summed E-state index contributed by atoms with van der Waals surface area (Å²) in [5.74, 6) is 2.43. The minimum absolute atomic E-state index is 0.288. The van der Waals surface area contributed by atoms with E-state index in [2.05, 4.69) is 37.5 Å². The van der Waals surface area contributed by atoms with Gasteiger partial charge in [0.05, 0.1) is 0 Å². The highest BCUT2D eigenvalue weighted by Gasteiger charge is 2.41. The van der Waals surface area contributed by atoms with Gasteiger partial charge in [-0.25, -0.2) is 0 Å². The number of likely N-dealkylation sites (tertiary alicyclic amines) is 2. The van der Waals surface area contributed by atoms with Crippen LogP contribution in [0.5, 0.6) is 0 Å². The molecule has 2 heterocycles. The van der Waals surface area contributed by atoms with Gasteiger partial charge in [-0.2, -0.15) is 0 Å². The molecule has 20 heavy (non-hydrogen) atoms. The van der Waals surface area contributed by atoms with Crippen LogP contribution < -0.4 is 5.73 Å². The lowest BCUT2D eigenvalue weighted by atomic mass is 9.81. The molecular weight excluding hydrogens is 246 g/mol. The van der Waals surface area contributed by atoms with Gasteiger partial charge in [-0.05, 0) is 50.1 Å². The summed E-state index contributed by atoms with van der Waals surface area (Å²) in [6.45, 7) is 16.5. The molecule has 0 bridgehead atoms. The molecule has 2 atom stereocenters. The predicted octanol–water partition coefficient (Wildman–Crippen LogP) is 2.41. The molecule has 0 saturated carbocycles. The molecule has 2 rings (SSSR count). The van der Waals surface area contributed by atoms with Crippen molar-refractivity contribution in [1.29, 1.82) is 0 Å². The van der Waals surface area contributed by atoms with Crippen molar-refractivity contribution < 1.29 is 0 Å². The third kappa shape index (κ3) is 3.75. The molecule has 2 N–H and O–H groups in total. The van der Waals surface area contributed by atoms with E-state index in [1.165, 1.54) is 52.0 Å². The lowest BCUT2D eigenvalue weighted by Crippen LogP contribution is -2.62. The number of nitrogens with zero attached hydrogens (tertiary/aromatic N) is 2. The Morgan fingerprint density at radius 1 is 1.10 bits per heavy atom. The van der Waals surface area contributed by atoms with Crippen molar-refractivity contribution in [3.05, 3.63) is 0 Å². The number of rotatable bonds is 4. The minimum Gasteiger partial charge on any atom is -0.329 e. The minimum atomic E-state index is 0.288. The quantitative estimate of drug-likeness (QED) is 0.859. The van der Waals surface area contributed by atoms with E-state index in [0.29, 0.717) is 0 Å². The van der Waals surface area contributed by atoms with Crippen LogP contribution >= 0.6 is 0 Å². The Morgan fingerprint density at radius 3 is 2.10 bits per heavy atom. The molecule has 118 valence electrons. The molecule has 2 saturated heterocycles. The van der Waals surface area contributed by atoms with E-state index in [1.807, 2.05) is 0 Å². The maximum absolute atomic E-state index is 6.25. The van der Waals surface area contributed by atoms with E-state index in [9.17, 15) is 0 Å². The van der Waals surface area contributed by atoms with Crippen LogP contribution in [0.15, 0.2) is 0 Å². The Labute approximate surface area is 125 Å². The summed E-state index contributed by atoms with van der Waals surface area (Å²) in [7, 11) is 0. The molecule has 3 nitrogen and oxygen atoms in total. The van der Waals surface area contributed by atoms with Crippen LogP contribution in [0, 0.1) is 17.8 Å². The molecule has 2 unspecified atom stereocenters. The highest BCUT2D eigenvalue weighted by Crippen LogP contribution is 2.33. The molecule has 0 aromatic carbocycles. The van der Waals surface area contributed by atoms with Gasteiger partial charge in [0, 0.05) is 31.7 Å². The zero-order valence-electron chi connectivity index (χ0n) is 14.1. The van der Waals surface area contributed by atoms with Gasteiger partial charge in [-0.3, -0.25) is 4.90 Å². The molecule has 2 fully saturated rings. The van der Waals surface area contributed by atoms with Crippen molar-refractivity contribution in [3.8, 4) is 0 Å². The standard InChI is InChI=1S/C17H35N3/c1-14(2)10-19-7-5-17(13-18,6-8-19)20-11-15(3)9-16(4)12-20/h14-16H,5-13,18H2,1-4H3. The summed E-state index contributed by atoms with van der Waals surface area (Å²) < 4.78 is 0. The van der Waals surface area contributed by atoms with Crippen molar-refractivity contribution in [2.24, 2.45) is 23.5 Å². The predicted molar refractivity (Wildman–Crippen MR) is 86.8 cm³/mol. The molecule has 0 aromatic rings. The Kier molecular flexibility index (Phi) is 5.49. The van der Waals surface area contributed by atoms with Crippen LogP contribution in [0.4, 0.5) is 0 Å². The van der Waals surface area contributed by atoms with Crippen LogP contribution in [-0.4, -0.2) is 54.6 Å². The van der Waals surface area contributed by atoms with Crippen LogP contribution in [0.2, 0.25) is 0 Å². The van der Waals surface area contributed by atoms with Crippen molar-refractivity contribution in [3.63, 3.8) is 0 Å². The molecule has 2 aliphatic rings. The van der Waals surface area contributed by atoms with E-state index in [1.54, 1.807) is 0 Å². The van der Waals surface area contributed by atoms with Crippen molar-refractivity contribution in [1.82, 2.24) is 9.80 Å². The number of hydrogen-bond donors (Lipinski definition) is 1. The van der Waals surface area contributed by atoms with Gasteiger partial charge >= 0.3 is 0 Å². The Balaban J connectivity index is 1.97. The Bertz CT molecular complexity index is 285. The van der Waals surface area contributed by atoms with E-state index >= 15 is 0 Å². The van der Waals surface area contributed by atoms with E-state index in [-0.39, 0.29) is 5.54 Å². The average molecular weight is 281 g/mol. The molecule has 2 aliphatic heterocycles. The first-order valence-electron chi connectivity index (χ1n) is 8.62. The summed E-state index contributed by atoms with van der Waals surface area (Å²) in [5.41, 5.74) is 6.53. The number of nitrogens with two attached hydrogens (primary N) is 1. The maximum Gasteiger partial charge on any atom is 0.0356 e. The third-order valence-electron chi connectivity index (χ3n) is 5.33. The average Bonchev–Trinajstić information content (AvgIpc) is 2.38. The second-order valence-corrected chi connectivity index (χ2v) is 7.97. The SMILES string of the molecule is CC(C)CN1CCC(CN)(N2CC(C)CC(C)C2)CC1. The lowest BCUT2D eigenvalue weighted by Gasteiger charge is -2.52. The topological polar surface area (TPSA) is 32.5 Å². The summed E-state index contributed by atoms with van der Waals surface area (Å²) in [6, 6.07) is 0. The van der Waals surface area contributed by atoms with Gasteiger partial charge in [0.15, 0.2) is 0 Å². The first-order valence-corrected chi connectivity index (χ1v) is 8.62. The molecule has 3 heteroatoms. The summed E-state index contributed by atoms with van der Waals surface area (Å²) in [6.07, 6.45) is 3.90. The molecule has 0 amide bonds. The Hall–Kier alpha value is -0.120. The van der Waals surface area contributed by atoms with Crippen LogP contribution in [0.1, 0.15) is 47.0 Å². The lowest BCUT2D eigenvalue weighted by molar-refractivity contribution is -0.0147. The van der Waals surface area contributed by atoms with Crippen molar-refractivity contribution >= 4 is 0 Å². The van der Waals surface area contributed by atoms with E-state index < -0.39 is 0 Å². The Morgan fingerprint density at radius 2 is 1.65 bits per heavy atom. The van der Waals surface area contributed by atoms with Gasteiger partial charge in [-0.1, -0.05) is 27.7 Å². The zero-order valence-corrected chi connectivity index (χ0v) is 14.1. The molecule has 0 aromatic heterocycles. The summed E-state index contributed by atoms with van der Waals surface area (Å²) >= 11 is 0. The number of piperidine rings is 2. The molecule has 0 spiro atoms. The normalized spacial score (nSPS) is 32.7. The van der Waals surface area contributed by atoms with Crippen LogP contribution in [0.25, 0.3) is 0 Å². The van der Waals surface area contributed by atoms with E-state index in [4.69, 9.17) is 5.73 Å². The smallest absolute Gasteiger partial charge is 0.0356 e. The van der Waals surface area contributed by atoms with E-state index in [0.717, 1.165) is 24.3 Å². The molecule has 0 aliphatic carbocycles. The molecular formula is C17H35N3. The fourth-order valence-corrected chi connectivity index (χ4v) is 4.37. The third-order valence-corrected chi connectivity index (χ3v) is 5.33. The van der Waals surface area contributed by atoms with Gasteiger partial charge in [0.25, 0.3) is 0 Å².